The van der Waals surface area contributed by atoms with Crippen LogP contribution in [0, 0.1) is 12.3 Å². The van der Waals surface area contributed by atoms with Crippen LogP contribution < -0.4 is 4.90 Å². The number of aliphatic imine (C=N–C) groups is 1. The van der Waals surface area contributed by atoms with Crippen molar-refractivity contribution in [3.63, 3.8) is 0 Å². The number of carboxylic acids is 1. The number of esters is 1. The van der Waals surface area contributed by atoms with E-state index in [0.717, 1.165) is 26.1 Å². The highest BCUT2D eigenvalue weighted by Crippen LogP contribution is 2.46. The van der Waals surface area contributed by atoms with Crippen molar-refractivity contribution in [3.05, 3.63) is 101 Å². The summed E-state index contributed by atoms with van der Waals surface area (Å²) in [7, 11) is -8.30. The molecule has 0 aromatic heterocycles. The first kappa shape index (κ1) is 40.1. The zero-order valence-corrected chi connectivity index (χ0v) is 31.4. The van der Waals surface area contributed by atoms with Gasteiger partial charge in [0.1, 0.15) is 0 Å². The van der Waals surface area contributed by atoms with Crippen LogP contribution in [0.4, 0.5) is 5.69 Å². The summed E-state index contributed by atoms with van der Waals surface area (Å²) in [6.45, 7) is 3.95. The molecule has 0 spiro atoms. The van der Waals surface area contributed by atoms with E-state index in [-0.39, 0.29) is 38.8 Å². The van der Waals surface area contributed by atoms with Crippen molar-refractivity contribution in [2.75, 3.05) is 36.1 Å². The monoisotopic (exact) mass is 776 g/mol. The second-order valence-corrected chi connectivity index (χ2v) is 17.1. The number of thioether (sulfide) groups is 2. The Morgan fingerprint density at radius 2 is 1.69 bits per heavy atom. The van der Waals surface area contributed by atoms with E-state index in [0.29, 0.717) is 22.7 Å². The van der Waals surface area contributed by atoms with E-state index in [4.69, 9.17) is 9.29 Å². The fourth-order valence-corrected chi connectivity index (χ4v) is 8.45. The van der Waals surface area contributed by atoms with Gasteiger partial charge in [0.15, 0.2) is 5.41 Å². The van der Waals surface area contributed by atoms with Crippen LogP contribution in [0.25, 0.3) is 0 Å². The lowest BCUT2D eigenvalue weighted by Gasteiger charge is -2.31. The predicted molar refractivity (Wildman–Crippen MR) is 200 cm³/mol. The van der Waals surface area contributed by atoms with Crippen molar-refractivity contribution in [2.45, 2.75) is 49.3 Å². The Bertz CT molecular complexity index is 2000. The maximum Gasteiger partial charge on any atom is 0.324 e. The Morgan fingerprint density at radius 1 is 1.00 bits per heavy atom. The molecule has 16 heteroatoms. The molecule has 0 saturated carbocycles. The number of anilines is 1. The van der Waals surface area contributed by atoms with Gasteiger partial charge in [-0.25, -0.2) is 0 Å². The molecule has 12 nitrogen and oxygen atoms in total. The molecule has 0 fully saturated rings. The molecule has 3 N–H and O–H groups in total. The average molecular weight is 777 g/mol. The number of carbonyl (C=O) groups is 2. The molecule has 1 aliphatic heterocycles. The molecule has 0 bridgehead atoms. The zero-order valence-electron chi connectivity index (χ0n) is 28.1. The number of fused-ring (bicyclic) bond motifs is 1. The number of nitrogens with zero attached hydrogens (tertiary/aromatic N) is 2. The molecule has 0 amide bonds. The van der Waals surface area contributed by atoms with Crippen LogP contribution >= 0.6 is 23.5 Å². The Labute approximate surface area is 307 Å². The Kier molecular flexibility index (Phi) is 13.9. The summed E-state index contributed by atoms with van der Waals surface area (Å²) in [6.07, 6.45) is 8.68. The normalized spacial score (nSPS) is 19.8. The van der Waals surface area contributed by atoms with Gasteiger partial charge in [0.25, 0.3) is 20.2 Å². The topological polar surface area (TPSA) is 188 Å². The maximum atomic E-state index is 13.3. The van der Waals surface area contributed by atoms with Gasteiger partial charge in [0.05, 0.1) is 33.9 Å². The third-order valence-electron chi connectivity index (χ3n) is 7.89. The van der Waals surface area contributed by atoms with Gasteiger partial charge >= 0.3 is 11.9 Å². The van der Waals surface area contributed by atoms with Crippen molar-refractivity contribution in [3.8, 4) is 0 Å². The minimum atomic E-state index is -4.15. The highest BCUT2D eigenvalue weighted by molar-refractivity contribution is 8.14. The van der Waals surface area contributed by atoms with Crippen molar-refractivity contribution in [2.24, 2.45) is 10.4 Å². The molecular formula is C35H40N2O10S4. The predicted octanol–water partition coefficient (Wildman–Crippen LogP) is 6.33. The molecule has 1 unspecified atom stereocenters. The van der Waals surface area contributed by atoms with E-state index < -0.39 is 49.1 Å². The Hall–Kier alpha value is -3.67. The molecule has 2 aromatic carbocycles. The number of para-hydroxylation sites is 1. The van der Waals surface area contributed by atoms with Crippen LogP contribution in [0.15, 0.2) is 110 Å². The molecular weight excluding hydrogens is 737 g/mol. The van der Waals surface area contributed by atoms with Crippen molar-refractivity contribution in [1.82, 2.24) is 0 Å². The van der Waals surface area contributed by atoms with Crippen LogP contribution in [-0.4, -0.2) is 79.2 Å². The Morgan fingerprint density at radius 3 is 2.37 bits per heavy atom. The van der Waals surface area contributed by atoms with Crippen molar-refractivity contribution < 1.29 is 45.4 Å². The number of aryl methyl sites for hydroxylation is 1. The van der Waals surface area contributed by atoms with Gasteiger partial charge in [0, 0.05) is 22.9 Å². The molecule has 2 aliphatic rings. The third-order valence-corrected chi connectivity index (χ3v) is 11.8. The summed E-state index contributed by atoms with van der Waals surface area (Å²) in [5.74, 6) is -3.05. The van der Waals surface area contributed by atoms with Gasteiger partial charge in [-0.2, -0.15) is 16.8 Å². The number of benzene rings is 2. The van der Waals surface area contributed by atoms with E-state index in [1.807, 2.05) is 60.4 Å². The van der Waals surface area contributed by atoms with Crippen LogP contribution in [0.5, 0.6) is 0 Å². The molecule has 4 rings (SSSR count). The smallest absolute Gasteiger partial charge is 0.324 e. The number of carboxylic acid groups (broad SMARTS) is 1. The van der Waals surface area contributed by atoms with E-state index in [9.17, 15) is 36.1 Å². The lowest BCUT2D eigenvalue weighted by atomic mass is 9.72. The molecule has 0 radical (unpaired) electrons. The van der Waals surface area contributed by atoms with Crippen LogP contribution in [0.3, 0.4) is 0 Å². The molecule has 274 valence electrons. The second kappa shape index (κ2) is 17.7. The minimum Gasteiger partial charge on any atom is -0.480 e. The highest BCUT2D eigenvalue weighted by atomic mass is 32.2. The highest BCUT2D eigenvalue weighted by Gasteiger charge is 2.50. The van der Waals surface area contributed by atoms with Gasteiger partial charge in [-0.05, 0) is 86.6 Å². The molecule has 1 heterocycles. The van der Waals surface area contributed by atoms with E-state index in [1.165, 1.54) is 23.5 Å². The summed E-state index contributed by atoms with van der Waals surface area (Å²) in [4.78, 5) is 34.5. The molecule has 1 atom stereocenters. The Balaban J connectivity index is 1.72. The molecule has 51 heavy (non-hydrogen) atoms. The first-order chi connectivity index (χ1) is 24.1. The SMILES string of the molecule is CCOC(=O)C1(C(=O)O)CC(/C=C/C(=N\CCCS(=O)(=O)O)Sc2ccccc2C)=CC(=C/C=C2\Sc3ccccc3N2CCCS(=O)(=O)O)/C1. The van der Waals surface area contributed by atoms with E-state index in [2.05, 4.69) is 4.99 Å². The van der Waals surface area contributed by atoms with Crippen LogP contribution in [0.1, 0.15) is 38.2 Å². The number of ether oxygens (including phenoxy) is 1. The van der Waals surface area contributed by atoms with Gasteiger partial charge < -0.3 is 14.7 Å². The third kappa shape index (κ3) is 11.7. The lowest BCUT2D eigenvalue weighted by Crippen LogP contribution is -2.42. The van der Waals surface area contributed by atoms with Crippen molar-refractivity contribution >= 4 is 66.4 Å². The number of rotatable bonds is 15. The van der Waals surface area contributed by atoms with Gasteiger partial charge in [0.2, 0.25) is 0 Å². The molecule has 2 aromatic rings. The second-order valence-electron chi connectivity index (χ2n) is 11.8. The van der Waals surface area contributed by atoms with Gasteiger partial charge in [-0.1, -0.05) is 72.1 Å². The van der Waals surface area contributed by atoms with Gasteiger partial charge in [-0.3, -0.25) is 23.7 Å². The summed E-state index contributed by atoms with van der Waals surface area (Å²) >= 11 is 2.80. The van der Waals surface area contributed by atoms with Gasteiger partial charge in [-0.15, -0.1) is 0 Å². The summed E-state index contributed by atoms with van der Waals surface area (Å²) in [6, 6.07) is 15.2. The fraction of sp³-hybridized carbons (Fsp3) is 0.343. The standard InChI is InChI=1S/C35H40N2O10S4/c1-3-47-34(40)35(33(38)39)23-26(14-16-31(36-18-8-20-50(41,42)43)48-29-12-6-4-10-25(29)2)22-27(24-35)15-17-32-37(19-9-21-51(44,45)46)28-11-5-7-13-30(28)49-32/h4-7,10-17,22H,3,8-9,18-21,23-24H2,1-2H3,(H,38,39)(H,41,42,43)(H,44,45,46)/b16-14+,27-15-,32-17-,36-31+. The average Bonchev–Trinajstić information content (AvgIpc) is 3.41. The fourth-order valence-electron chi connectivity index (χ4n) is 5.47. The largest absolute Gasteiger partial charge is 0.480 e. The number of allylic oxidation sites excluding steroid dienone is 6. The number of hydrogen-bond acceptors (Lipinski definition) is 11. The first-order valence-corrected chi connectivity index (χ1v) is 20.9. The number of hydrogen-bond donors (Lipinski definition) is 3. The van der Waals surface area contributed by atoms with E-state index >= 15 is 0 Å². The quantitative estimate of drug-likeness (QED) is 0.0347. The van der Waals surface area contributed by atoms with Crippen LogP contribution in [-0.2, 0) is 34.6 Å². The van der Waals surface area contributed by atoms with E-state index in [1.54, 1.807) is 37.3 Å². The minimum absolute atomic E-state index is 0.00724. The zero-order chi connectivity index (χ0) is 37.2. The van der Waals surface area contributed by atoms with Crippen molar-refractivity contribution in [1.29, 1.82) is 0 Å². The summed E-state index contributed by atoms with van der Waals surface area (Å²) < 4.78 is 68.9. The molecule has 1 aliphatic carbocycles. The number of aliphatic carboxylic acids is 1. The lowest BCUT2D eigenvalue weighted by molar-refractivity contribution is -0.168. The summed E-state index contributed by atoms with van der Waals surface area (Å²) in [5.41, 5.74) is 1.00. The summed E-state index contributed by atoms with van der Waals surface area (Å²) in [5, 5.41) is 11.7. The first-order valence-electron chi connectivity index (χ1n) is 16.0. The maximum absolute atomic E-state index is 13.3. The number of carbonyl (C=O) groups excluding carboxylic acids is 1. The molecule has 0 saturated heterocycles. The van der Waals surface area contributed by atoms with Crippen LogP contribution in [0.2, 0.25) is 0 Å².